The minimum atomic E-state index is -0.353. The van der Waals surface area contributed by atoms with Gasteiger partial charge in [0.2, 0.25) is 0 Å². The third-order valence-electron chi connectivity index (χ3n) is 4.89. The van der Waals surface area contributed by atoms with Crippen LogP contribution in [0.2, 0.25) is 0 Å². The molecule has 0 aliphatic rings. The number of aromatic nitrogens is 3. The average molecular weight is 384 g/mol. The molecule has 0 atom stereocenters. The molecule has 0 saturated heterocycles. The second-order valence-electron chi connectivity index (χ2n) is 6.99. The van der Waals surface area contributed by atoms with E-state index in [-0.39, 0.29) is 11.2 Å². The molecule has 0 fully saturated rings. The fraction of sp³-hybridized carbons (Fsp3) is 0.381. The molecule has 3 aromatic rings. The Balaban J connectivity index is 2.19. The lowest BCUT2D eigenvalue weighted by molar-refractivity contribution is 0.704. The summed E-state index contributed by atoms with van der Waals surface area (Å²) in [5, 5.41) is 0.542. The Morgan fingerprint density at radius 2 is 1.81 bits per heavy atom. The molecule has 5 nitrogen and oxygen atoms in total. The van der Waals surface area contributed by atoms with Crippen LogP contribution >= 0.6 is 11.8 Å². The van der Waals surface area contributed by atoms with Crippen molar-refractivity contribution in [1.29, 1.82) is 0 Å². The van der Waals surface area contributed by atoms with Crippen LogP contribution in [0.4, 0.5) is 0 Å². The second-order valence-corrected chi connectivity index (χ2v) is 7.97. The number of benzene rings is 1. The number of nitrogens with zero attached hydrogens (tertiary/aromatic N) is 3. The molecule has 0 aliphatic carbocycles. The Kier molecular flexibility index (Phi) is 5.56. The van der Waals surface area contributed by atoms with Gasteiger partial charge in [0, 0.05) is 30.9 Å². The second kappa shape index (κ2) is 7.72. The van der Waals surface area contributed by atoms with Crippen molar-refractivity contribution in [2.24, 2.45) is 14.1 Å². The predicted octanol–water partition coefficient (Wildman–Crippen LogP) is 3.49. The number of aryl methyl sites for hydroxylation is 4. The standard InChI is InChI=1S/C21H25N3O2S/c1-6-7-15-11-22-19-17(20(25)24(5)21(26)23(19)4)18(15)27-12-16-10-13(2)8-9-14(16)3/h8-11H,6-7,12H2,1-5H3. The van der Waals surface area contributed by atoms with E-state index in [1.165, 1.54) is 32.9 Å². The number of hydrogen-bond acceptors (Lipinski definition) is 4. The summed E-state index contributed by atoms with van der Waals surface area (Å²) in [6, 6.07) is 6.43. The van der Waals surface area contributed by atoms with Gasteiger partial charge in [-0.1, -0.05) is 37.1 Å². The minimum Gasteiger partial charge on any atom is -0.280 e. The smallest absolute Gasteiger partial charge is 0.280 e. The molecule has 0 aliphatic heterocycles. The van der Waals surface area contributed by atoms with Crippen molar-refractivity contribution in [1.82, 2.24) is 14.1 Å². The molecule has 27 heavy (non-hydrogen) atoms. The van der Waals surface area contributed by atoms with Crippen LogP contribution in [0.25, 0.3) is 11.0 Å². The van der Waals surface area contributed by atoms with Crippen LogP contribution in [0.5, 0.6) is 0 Å². The van der Waals surface area contributed by atoms with Gasteiger partial charge in [0.1, 0.15) is 5.65 Å². The Morgan fingerprint density at radius 1 is 1.07 bits per heavy atom. The summed E-state index contributed by atoms with van der Waals surface area (Å²) in [5.74, 6) is 0.773. The molecule has 0 unspecified atom stereocenters. The van der Waals surface area contributed by atoms with Crippen LogP contribution in [-0.4, -0.2) is 14.1 Å². The Hall–Kier alpha value is -2.34. The van der Waals surface area contributed by atoms with Gasteiger partial charge in [-0.3, -0.25) is 13.9 Å². The highest BCUT2D eigenvalue weighted by molar-refractivity contribution is 7.98. The predicted molar refractivity (Wildman–Crippen MR) is 112 cm³/mol. The maximum Gasteiger partial charge on any atom is 0.332 e. The molecule has 0 saturated carbocycles. The molecule has 142 valence electrons. The number of thioether (sulfide) groups is 1. The summed E-state index contributed by atoms with van der Waals surface area (Å²) in [5.41, 5.74) is 4.61. The monoisotopic (exact) mass is 383 g/mol. The zero-order valence-corrected chi connectivity index (χ0v) is 17.3. The SMILES string of the molecule is CCCc1cnc2c(c1SCc1cc(C)ccc1C)c(=O)n(C)c(=O)n2C. The van der Waals surface area contributed by atoms with Crippen molar-refractivity contribution >= 4 is 22.8 Å². The largest absolute Gasteiger partial charge is 0.332 e. The first-order valence-corrected chi connectivity index (χ1v) is 10.1. The van der Waals surface area contributed by atoms with E-state index >= 15 is 0 Å². The summed E-state index contributed by atoms with van der Waals surface area (Å²) < 4.78 is 2.62. The van der Waals surface area contributed by atoms with Gasteiger partial charge in [-0.05, 0) is 37.0 Å². The van der Waals surface area contributed by atoms with Gasteiger partial charge in [0.05, 0.1) is 5.39 Å². The van der Waals surface area contributed by atoms with Crippen molar-refractivity contribution in [2.75, 3.05) is 0 Å². The van der Waals surface area contributed by atoms with Gasteiger partial charge in [-0.25, -0.2) is 9.78 Å². The molecule has 0 bridgehead atoms. The molecule has 0 spiro atoms. The van der Waals surface area contributed by atoms with E-state index in [9.17, 15) is 9.59 Å². The van der Waals surface area contributed by atoms with Crippen LogP contribution in [0.15, 0.2) is 38.9 Å². The quantitative estimate of drug-likeness (QED) is 0.633. The summed E-state index contributed by atoms with van der Waals surface area (Å²) in [6.07, 6.45) is 3.64. The average Bonchev–Trinajstić information content (AvgIpc) is 2.65. The Labute approximate surface area is 163 Å². The molecule has 6 heteroatoms. The number of pyridine rings is 1. The number of rotatable bonds is 5. The third-order valence-corrected chi connectivity index (χ3v) is 6.10. The van der Waals surface area contributed by atoms with Gasteiger partial charge in [-0.2, -0.15) is 0 Å². The Bertz CT molecular complexity index is 1130. The van der Waals surface area contributed by atoms with E-state index in [0.29, 0.717) is 11.0 Å². The van der Waals surface area contributed by atoms with Gasteiger partial charge in [-0.15, -0.1) is 11.8 Å². The van der Waals surface area contributed by atoms with E-state index in [4.69, 9.17) is 0 Å². The molecule has 2 heterocycles. The van der Waals surface area contributed by atoms with E-state index in [2.05, 4.69) is 44.0 Å². The van der Waals surface area contributed by atoms with Crippen molar-refractivity contribution in [3.8, 4) is 0 Å². The first-order valence-electron chi connectivity index (χ1n) is 9.11. The van der Waals surface area contributed by atoms with Crippen LogP contribution < -0.4 is 11.2 Å². The maximum absolute atomic E-state index is 12.9. The fourth-order valence-electron chi connectivity index (χ4n) is 3.26. The maximum atomic E-state index is 12.9. The van der Waals surface area contributed by atoms with Gasteiger partial charge >= 0.3 is 5.69 Å². The van der Waals surface area contributed by atoms with Crippen molar-refractivity contribution in [2.45, 2.75) is 44.3 Å². The third kappa shape index (κ3) is 3.58. The molecular weight excluding hydrogens is 358 g/mol. The van der Waals surface area contributed by atoms with Crippen molar-refractivity contribution in [3.05, 3.63) is 67.5 Å². The molecule has 1 aromatic carbocycles. The normalized spacial score (nSPS) is 11.3. The highest BCUT2D eigenvalue weighted by Gasteiger charge is 2.17. The summed E-state index contributed by atoms with van der Waals surface area (Å²) >= 11 is 1.66. The van der Waals surface area contributed by atoms with E-state index in [0.717, 1.165) is 29.1 Å². The van der Waals surface area contributed by atoms with E-state index in [1.54, 1.807) is 18.8 Å². The molecular formula is C21H25N3O2S. The number of hydrogen-bond donors (Lipinski definition) is 0. The van der Waals surface area contributed by atoms with Crippen LogP contribution in [0.1, 0.15) is 35.6 Å². The highest BCUT2D eigenvalue weighted by atomic mass is 32.2. The zero-order valence-electron chi connectivity index (χ0n) is 16.5. The van der Waals surface area contributed by atoms with Crippen LogP contribution in [0.3, 0.4) is 0 Å². The first kappa shape index (κ1) is 19.4. The van der Waals surface area contributed by atoms with Crippen molar-refractivity contribution in [3.63, 3.8) is 0 Å². The Morgan fingerprint density at radius 3 is 2.52 bits per heavy atom. The van der Waals surface area contributed by atoms with Crippen molar-refractivity contribution < 1.29 is 0 Å². The zero-order chi connectivity index (χ0) is 19.7. The topological polar surface area (TPSA) is 56.9 Å². The first-order chi connectivity index (χ1) is 12.8. The molecule has 0 radical (unpaired) electrons. The van der Waals surface area contributed by atoms with E-state index < -0.39 is 0 Å². The summed E-state index contributed by atoms with van der Waals surface area (Å²) in [7, 11) is 3.19. The lowest BCUT2D eigenvalue weighted by atomic mass is 10.1. The lowest BCUT2D eigenvalue weighted by Gasteiger charge is -2.15. The minimum absolute atomic E-state index is 0.276. The van der Waals surface area contributed by atoms with E-state index in [1.807, 2.05) is 6.20 Å². The molecule has 0 N–H and O–H groups in total. The van der Waals surface area contributed by atoms with Gasteiger partial charge < -0.3 is 0 Å². The van der Waals surface area contributed by atoms with Gasteiger partial charge in [0.25, 0.3) is 5.56 Å². The summed E-state index contributed by atoms with van der Waals surface area (Å²) in [4.78, 5) is 30.6. The summed E-state index contributed by atoms with van der Waals surface area (Å²) in [6.45, 7) is 6.31. The number of fused-ring (bicyclic) bond motifs is 1. The van der Waals surface area contributed by atoms with Crippen LogP contribution in [-0.2, 0) is 26.3 Å². The highest BCUT2D eigenvalue weighted by Crippen LogP contribution is 2.32. The molecule has 0 amide bonds. The molecule has 2 aromatic heterocycles. The molecule has 3 rings (SSSR count). The van der Waals surface area contributed by atoms with Crippen LogP contribution in [0, 0.1) is 13.8 Å². The van der Waals surface area contributed by atoms with Gasteiger partial charge in [0.15, 0.2) is 0 Å². The fourth-order valence-corrected chi connectivity index (χ4v) is 4.53. The lowest BCUT2D eigenvalue weighted by Crippen LogP contribution is -2.37.